The van der Waals surface area contributed by atoms with Crippen molar-refractivity contribution in [2.24, 2.45) is 0 Å². The van der Waals surface area contributed by atoms with Crippen LogP contribution < -0.4 is 19.3 Å². The lowest BCUT2D eigenvalue weighted by Gasteiger charge is -2.46. The monoisotopic (exact) mass is 652 g/mol. The van der Waals surface area contributed by atoms with E-state index in [0.29, 0.717) is 35.2 Å². The fourth-order valence-corrected chi connectivity index (χ4v) is 6.13. The van der Waals surface area contributed by atoms with Crippen LogP contribution in [0.15, 0.2) is 120 Å². The Morgan fingerprint density at radius 1 is 0.837 bits per heavy atom. The van der Waals surface area contributed by atoms with Crippen LogP contribution in [0.1, 0.15) is 38.8 Å². The number of hydrogen-bond donors (Lipinski definition) is 0. The van der Waals surface area contributed by atoms with Crippen LogP contribution in [-0.4, -0.2) is 13.0 Å². The Bertz CT molecular complexity index is 1740. The van der Waals surface area contributed by atoms with Gasteiger partial charge in [-0.25, -0.2) is 0 Å². The van der Waals surface area contributed by atoms with Crippen LogP contribution in [0.25, 0.3) is 0 Å². The predicted molar refractivity (Wildman–Crippen MR) is 176 cm³/mol. The normalized spacial score (nSPS) is 14.4. The minimum atomic E-state index is -0.471. The summed E-state index contributed by atoms with van der Waals surface area (Å²) in [5, 5.41) is 0.675. The van der Waals surface area contributed by atoms with E-state index in [1.807, 2.05) is 115 Å². The van der Waals surface area contributed by atoms with Crippen molar-refractivity contribution in [1.82, 2.24) is 0 Å². The number of carbonyl (C=O) groups is 1. The van der Waals surface area contributed by atoms with Crippen LogP contribution in [0.2, 0.25) is 5.02 Å². The van der Waals surface area contributed by atoms with Gasteiger partial charge in [0.1, 0.15) is 12.8 Å². The standard InChI is InChI=1S/C36H30BrClN2O3/c1-24-12-18-29(19-13-24)40-35(39(22-25-8-4-3-5-9-25)32-11-7-6-10-30(32)36(40)41)27-20-31(37)34(33(21-27)42-2)43-23-26-14-16-28(38)17-15-26/h3-21,35H,22-23H2,1-2H3/t35-/m0/s1. The molecule has 0 saturated carbocycles. The molecule has 5 aromatic carbocycles. The summed E-state index contributed by atoms with van der Waals surface area (Å²) in [5.74, 6) is 1.08. The molecule has 0 spiro atoms. The maximum absolute atomic E-state index is 14.3. The summed E-state index contributed by atoms with van der Waals surface area (Å²) in [6.07, 6.45) is -0.471. The first-order valence-corrected chi connectivity index (χ1v) is 15.1. The van der Waals surface area contributed by atoms with E-state index in [9.17, 15) is 4.79 Å². The smallest absolute Gasteiger partial charge is 0.262 e. The molecule has 0 unspecified atom stereocenters. The van der Waals surface area contributed by atoms with Gasteiger partial charge < -0.3 is 14.4 Å². The van der Waals surface area contributed by atoms with Crippen molar-refractivity contribution in [1.29, 1.82) is 0 Å². The van der Waals surface area contributed by atoms with Gasteiger partial charge in [0.25, 0.3) is 5.91 Å². The third-order valence-electron chi connectivity index (χ3n) is 7.56. The number of carbonyl (C=O) groups excluding carboxylic acids is 1. The molecule has 0 fully saturated rings. The number of rotatable bonds is 8. The van der Waals surface area contributed by atoms with Crippen molar-refractivity contribution in [3.63, 3.8) is 0 Å². The fourth-order valence-electron chi connectivity index (χ4n) is 5.43. The topological polar surface area (TPSA) is 42.0 Å². The van der Waals surface area contributed by atoms with E-state index in [2.05, 4.69) is 33.0 Å². The maximum atomic E-state index is 14.3. The highest BCUT2D eigenvalue weighted by atomic mass is 79.9. The molecule has 7 heteroatoms. The molecule has 0 saturated heterocycles. The highest BCUT2D eigenvalue weighted by molar-refractivity contribution is 9.10. The van der Waals surface area contributed by atoms with Crippen molar-refractivity contribution in [3.05, 3.63) is 153 Å². The molecule has 6 rings (SSSR count). The first kappa shape index (κ1) is 28.8. The van der Waals surface area contributed by atoms with Gasteiger partial charge in [-0.1, -0.05) is 83.9 Å². The molecular formula is C36H30BrClN2O3. The maximum Gasteiger partial charge on any atom is 0.262 e. The first-order valence-electron chi connectivity index (χ1n) is 14.0. The third-order valence-corrected chi connectivity index (χ3v) is 8.40. The van der Waals surface area contributed by atoms with Crippen molar-refractivity contribution < 1.29 is 14.3 Å². The van der Waals surface area contributed by atoms with E-state index in [4.69, 9.17) is 21.1 Å². The Hall–Kier alpha value is -4.26. The van der Waals surface area contributed by atoms with Gasteiger partial charge in [-0.2, -0.15) is 0 Å². The van der Waals surface area contributed by atoms with Crippen LogP contribution in [0.3, 0.4) is 0 Å². The minimum absolute atomic E-state index is 0.0630. The van der Waals surface area contributed by atoms with Crippen LogP contribution in [0.5, 0.6) is 11.5 Å². The number of amides is 1. The number of benzene rings is 5. The van der Waals surface area contributed by atoms with Crippen LogP contribution in [-0.2, 0) is 13.2 Å². The van der Waals surface area contributed by atoms with E-state index in [0.717, 1.165) is 38.1 Å². The number of hydrogen-bond acceptors (Lipinski definition) is 4. The van der Waals surface area contributed by atoms with Crippen molar-refractivity contribution in [2.45, 2.75) is 26.2 Å². The molecule has 1 heterocycles. The zero-order valence-corrected chi connectivity index (χ0v) is 26.2. The van der Waals surface area contributed by atoms with Gasteiger partial charge in [0.15, 0.2) is 11.5 Å². The first-order chi connectivity index (χ1) is 20.9. The number of para-hydroxylation sites is 1. The summed E-state index contributed by atoms with van der Waals surface area (Å²) in [4.78, 5) is 18.4. The number of ether oxygens (including phenoxy) is 2. The lowest BCUT2D eigenvalue weighted by molar-refractivity contribution is 0.0968. The summed E-state index contributed by atoms with van der Waals surface area (Å²) >= 11 is 9.82. The fraction of sp³-hybridized carbons (Fsp3) is 0.139. The SMILES string of the molecule is COc1cc([C@H]2N(Cc3ccccc3)c3ccccc3C(=O)N2c2ccc(C)cc2)cc(Br)c1OCc1ccc(Cl)cc1. The minimum Gasteiger partial charge on any atom is -0.493 e. The van der Waals surface area contributed by atoms with Gasteiger partial charge in [-0.15, -0.1) is 0 Å². The Balaban J connectivity index is 1.48. The zero-order valence-electron chi connectivity index (χ0n) is 23.8. The molecule has 1 amide bonds. The molecule has 0 N–H and O–H groups in total. The summed E-state index contributed by atoms with van der Waals surface area (Å²) in [5.41, 5.74) is 6.46. The third kappa shape index (κ3) is 5.99. The van der Waals surface area contributed by atoms with E-state index in [-0.39, 0.29) is 5.91 Å². The van der Waals surface area contributed by atoms with Crippen LogP contribution in [0, 0.1) is 6.92 Å². The van der Waals surface area contributed by atoms with Crippen LogP contribution in [0.4, 0.5) is 11.4 Å². The molecule has 0 aromatic heterocycles. The molecule has 0 aliphatic carbocycles. The lowest BCUT2D eigenvalue weighted by atomic mass is 9.98. The van der Waals surface area contributed by atoms with Crippen LogP contribution >= 0.6 is 27.5 Å². The summed E-state index contributed by atoms with van der Waals surface area (Å²) in [7, 11) is 1.63. The van der Waals surface area contributed by atoms with Crippen molar-refractivity contribution in [2.75, 3.05) is 16.9 Å². The molecule has 5 nitrogen and oxygen atoms in total. The van der Waals surface area contributed by atoms with Crippen molar-refractivity contribution >= 4 is 44.8 Å². The Kier molecular flexibility index (Phi) is 8.41. The molecule has 5 aromatic rings. The van der Waals surface area contributed by atoms with Gasteiger partial charge in [0, 0.05) is 22.8 Å². The summed E-state index contributed by atoms with van der Waals surface area (Å²) in [6.45, 7) is 2.98. The lowest BCUT2D eigenvalue weighted by Crippen LogP contribution is -2.49. The molecule has 216 valence electrons. The molecular weight excluding hydrogens is 624 g/mol. The Morgan fingerprint density at radius 2 is 1.53 bits per heavy atom. The average molecular weight is 654 g/mol. The molecule has 43 heavy (non-hydrogen) atoms. The number of fused-ring (bicyclic) bond motifs is 1. The number of methoxy groups -OCH3 is 1. The van der Waals surface area contributed by atoms with Gasteiger partial charge in [0.2, 0.25) is 0 Å². The number of anilines is 2. The van der Waals surface area contributed by atoms with E-state index < -0.39 is 6.17 Å². The van der Waals surface area contributed by atoms with Gasteiger partial charge >= 0.3 is 0 Å². The zero-order chi connectivity index (χ0) is 29.9. The second kappa shape index (κ2) is 12.5. The van der Waals surface area contributed by atoms with Gasteiger partial charge in [0.05, 0.1) is 22.8 Å². The predicted octanol–water partition coefficient (Wildman–Crippen LogP) is 9.36. The second-order valence-electron chi connectivity index (χ2n) is 10.5. The average Bonchev–Trinajstić information content (AvgIpc) is 3.03. The molecule has 1 aliphatic rings. The highest BCUT2D eigenvalue weighted by Crippen LogP contribution is 2.46. The Morgan fingerprint density at radius 3 is 2.26 bits per heavy atom. The number of nitrogens with zero attached hydrogens (tertiary/aromatic N) is 2. The Labute approximate surface area is 265 Å². The molecule has 1 atom stereocenters. The van der Waals surface area contributed by atoms with E-state index in [1.54, 1.807) is 7.11 Å². The molecule has 0 bridgehead atoms. The summed E-state index contributed by atoms with van der Waals surface area (Å²) in [6, 6.07) is 37.7. The molecule has 0 radical (unpaired) electrons. The quantitative estimate of drug-likeness (QED) is 0.167. The van der Waals surface area contributed by atoms with Gasteiger partial charge in [-0.3, -0.25) is 9.69 Å². The number of aryl methyl sites for hydroxylation is 1. The summed E-state index contributed by atoms with van der Waals surface area (Å²) < 4.78 is 12.8. The largest absolute Gasteiger partial charge is 0.493 e. The van der Waals surface area contributed by atoms with E-state index in [1.165, 1.54) is 0 Å². The second-order valence-corrected chi connectivity index (χ2v) is 11.8. The number of halogens is 2. The van der Waals surface area contributed by atoms with Crippen molar-refractivity contribution in [3.8, 4) is 11.5 Å². The van der Waals surface area contributed by atoms with Gasteiger partial charge in [-0.05, 0) is 82.5 Å². The van der Waals surface area contributed by atoms with E-state index >= 15 is 0 Å². The highest BCUT2D eigenvalue weighted by Gasteiger charge is 2.40. The molecule has 1 aliphatic heterocycles.